The maximum atomic E-state index is 12.6. The first-order valence-corrected chi connectivity index (χ1v) is 9.88. The first kappa shape index (κ1) is 18.1. The van der Waals surface area contributed by atoms with Crippen LogP contribution in [0.1, 0.15) is 39.0 Å². The Morgan fingerprint density at radius 1 is 1.32 bits per heavy atom. The number of hydrogen-bond acceptors (Lipinski definition) is 4. The van der Waals surface area contributed by atoms with Crippen LogP contribution in [0.5, 0.6) is 5.75 Å². The molecule has 1 aromatic carbocycles. The molecule has 1 aliphatic rings. The van der Waals surface area contributed by atoms with Gasteiger partial charge < -0.3 is 14.0 Å². The first-order chi connectivity index (χ1) is 12.2. The smallest absolute Gasteiger partial charge is 0.251 e. The van der Waals surface area contributed by atoms with Crippen molar-refractivity contribution in [2.24, 2.45) is 10.9 Å². The van der Waals surface area contributed by atoms with Crippen LogP contribution >= 0.6 is 11.3 Å². The maximum absolute atomic E-state index is 12.6. The highest BCUT2D eigenvalue weighted by molar-refractivity contribution is 7.16. The molecule has 1 amide bonds. The number of fused-ring (bicyclic) bond motifs is 1. The fourth-order valence-corrected chi connectivity index (χ4v) is 4.41. The van der Waals surface area contributed by atoms with Crippen molar-refractivity contribution in [3.63, 3.8) is 0 Å². The number of carbonyl (C=O) groups excluding carboxylic acids is 1. The molecule has 0 spiro atoms. The highest BCUT2D eigenvalue weighted by Gasteiger charge is 2.21. The van der Waals surface area contributed by atoms with Gasteiger partial charge in [0.05, 0.1) is 23.9 Å². The van der Waals surface area contributed by atoms with E-state index in [1.165, 1.54) is 6.42 Å². The summed E-state index contributed by atoms with van der Waals surface area (Å²) in [5.41, 5.74) is 1.07. The summed E-state index contributed by atoms with van der Waals surface area (Å²) in [5.74, 6) is 0.938. The third-order valence-electron chi connectivity index (χ3n) is 4.71. The van der Waals surface area contributed by atoms with E-state index in [0.717, 1.165) is 46.5 Å². The molecule has 0 atom stereocenters. The van der Waals surface area contributed by atoms with Gasteiger partial charge in [-0.05, 0) is 38.0 Å². The minimum atomic E-state index is 0.0309. The second kappa shape index (κ2) is 8.63. The lowest BCUT2D eigenvalue weighted by Crippen LogP contribution is -2.23. The molecule has 0 saturated heterocycles. The van der Waals surface area contributed by atoms with Gasteiger partial charge in [0, 0.05) is 19.1 Å². The van der Waals surface area contributed by atoms with Gasteiger partial charge in [-0.2, -0.15) is 4.99 Å². The third-order valence-corrected chi connectivity index (χ3v) is 5.75. The van der Waals surface area contributed by atoms with Crippen LogP contribution in [0.15, 0.2) is 23.2 Å². The van der Waals surface area contributed by atoms with E-state index in [1.54, 1.807) is 18.4 Å². The molecule has 2 aromatic rings. The van der Waals surface area contributed by atoms with E-state index in [2.05, 4.69) is 9.56 Å². The Morgan fingerprint density at radius 2 is 2.12 bits per heavy atom. The normalized spacial score (nSPS) is 16.5. The molecule has 0 N–H and O–H groups in total. The van der Waals surface area contributed by atoms with Crippen molar-refractivity contribution >= 4 is 27.5 Å². The Kier molecular flexibility index (Phi) is 6.26. The molecule has 136 valence electrons. The molecule has 0 aliphatic heterocycles. The van der Waals surface area contributed by atoms with Crippen molar-refractivity contribution in [1.82, 2.24) is 4.57 Å². The van der Waals surface area contributed by atoms with Gasteiger partial charge in [-0.3, -0.25) is 4.79 Å². The molecule has 5 nitrogen and oxygen atoms in total. The number of amides is 1. The molecule has 0 radical (unpaired) electrons. The second-order valence-electron chi connectivity index (χ2n) is 6.35. The summed E-state index contributed by atoms with van der Waals surface area (Å²) in [5, 5.41) is 0. The lowest BCUT2D eigenvalue weighted by atomic mass is 9.89. The summed E-state index contributed by atoms with van der Waals surface area (Å²) in [7, 11) is 1.66. The molecule has 1 heterocycles. The number of aromatic nitrogens is 1. The second-order valence-corrected chi connectivity index (χ2v) is 7.36. The maximum Gasteiger partial charge on any atom is 0.251 e. The van der Waals surface area contributed by atoms with Gasteiger partial charge in [-0.25, -0.2) is 0 Å². The zero-order valence-electron chi connectivity index (χ0n) is 15.0. The number of thiazole rings is 1. The van der Waals surface area contributed by atoms with Crippen molar-refractivity contribution in [1.29, 1.82) is 0 Å². The number of methoxy groups -OCH3 is 1. The summed E-state index contributed by atoms with van der Waals surface area (Å²) in [6, 6.07) is 5.97. The van der Waals surface area contributed by atoms with Crippen molar-refractivity contribution in [2.45, 2.75) is 45.6 Å². The lowest BCUT2D eigenvalue weighted by molar-refractivity contribution is -0.122. The minimum absolute atomic E-state index is 0.0309. The van der Waals surface area contributed by atoms with E-state index < -0.39 is 0 Å². The summed E-state index contributed by atoms with van der Waals surface area (Å²) >= 11 is 1.54. The van der Waals surface area contributed by atoms with Crippen molar-refractivity contribution in [3.8, 4) is 5.75 Å². The Bertz CT molecular complexity index is 788. The van der Waals surface area contributed by atoms with E-state index >= 15 is 0 Å². The van der Waals surface area contributed by atoms with Crippen LogP contribution in [0.25, 0.3) is 10.2 Å². The predicted molar refractivity (Wildman–Crippen MR) is 100 cm³/mol. The molecule has 0 bridgehead atoms. The van der Waals surface area contributed by atoms with Crippen molar-refractivity contribution in [3.05, 3.63) is 23.0 Å². The van der Waals surface area contributed by atoms with Crippen LogP contribution in [-0.2, 0) is 16.1 Å². The number of rotatable bonds is 6. The largest absolute Gasteiger partial charge is 0.497 e. The van der Waals surface area contributed by atoms with Crippen molar-refractivity contribution < 1.29 is 14.3 Å². The minimum Gasteiger partial charge on any atom is -0.497 e. The van der Waals surface area contributed by atoms with Crippen molar-refractivity contribution in [2.75, 3.05) is 20.3 Å². The fourth-order valence-electron chi connectivity index (χ4n) is 3.32. The standard InChI is InChI=1S/C19H26N2O3S/c1-3-24-12-11-21-16-10-9-15(23-2)13-17(16)25-19(21)20-18(22)14-7-5-4-6-8-14/h9-10,13-14H,3-8,11-12H2,1-2H3. The van der Waals surface area contributed by atoms with Gasteiger partial charge in [0.15, 0.2) is 4.80 Å². The van der Waals surface area contributed by atoms with E-state index in [4.69, 9.17) is 9.47 Å². The van der Waals surface area contributed by atoms with Gasteiger partial charge >= 0.3 is 0 Å². The zero-order valence-corrected chi connectivity index (χ0v) is 15.8. The zero-order chi connectivity index (χ0) is 17.6. The molecule has 3 rings (SSSR count). The lowest BCUT2D eigenvalue weighted by Gasteiger charge is -2.17. The third kappa shape index (κ3) is 4.30. The van der Waals surface area contributed by atoms with Crippen LogP contribution in [0.3, 0.4) is 0 Å². The van der Waals surface area contributed by atoms with Crippen LogP contribution in [-0.4, -0.2) is 30.8 Å². The molecule has 0 unspecified atom stereocenters. The average molecular weight is 362 g/mol. The summed E-state index contributed by atoms with van der Waals surface area (Å²) in [4.78, 5) is 17.9. The SMILES string of the molecule is CCOCCn1c(=NC(=O)C2CCCCC2)sc2cc(OC)ccc21. The monoisotopic (exact) mass is 362 g/mol. The molecule has 6 heteroatoms. The van der Waals surface area contributed by atoms with Gasteiger partial charge in [0.1, 0.15) is 5.75 Å². The number of benzene rings is 1. The Morgan fingerprint density at radius 3 is 2.84 bits per heavy atom. The molecule has 1 aromatic heterocycles. The number of nitrogens with zero attached hydrogens (tertiary/aromatic N) is 2. The van der Waals surface area contributed by atoms with E-state index in [9.17, 15) is 4.79 Å². The number of carbonyl (C=O) groups is 1. The quantitative estimate of drug-likeness (QED) is 0.735. The Hall–Kier alpha value is -1.66. The molecule has 1 aliphatic carbocycles. The summed E-state index contributed by atoms with van der Waals surface area (Å²) in [6.45, 7) is 3.97. The fraction of sp³-hybridized carbons (Fsp3) is 0.579. The van der Waals surface area contributed by atoms with E-state index in [1.807, 2.05) is 25.1 Å². The molecule has 25 heavy (non-hydrogen) atoms. The summed E-state index contributed by atoms with van der Waals surface area (Å²) < 4.78 is 14.0. The first-order valence-electron chi connectivity index (χ1n) is 9.06. The topological polar surface area (TPSA) is 52.8 Å². The van der Waals surface area contributed by atoms with E-state index in [0.29, 0.717) is 19.8 Å². The van der Waals surface area contributed by atoms with E-state index in [-0.39, 0.29) is 11.8 Å². The molecule has 1 fully saturated rings. The average Bonchev–Trinajstić information content (AvgIpc) is 2.99. The van der Waals surface area contributed by atoms with Crippen LogP contribution in [0, 0.1) is 5.92 Å². The molecular weight excluding hydrogens is 336 g/mol. The highest BCUT2D eigenvalue weighted by atomic mass is 32.1. The highest BCUT2D eigenvalue weighted by Crippen LogP contribution is 2.26. The van der Waals surface area contributed by atoms with Crippen LogP contribution < -0.4 is 9.54 Å². The number of ether oxygens (including phenoxy) is 2. The van der Waals surface area contributed by atoms with Crippen LogP contribution in [0.2, 0.25) is 0 Å². The molecule has 1 saturated carbocycles. The number of hydrogen-bond donors (Lipinski definition) is 0. The van der Waals surface area contributed by atoms with Gasteiger partial charge in [0.25, 0.3) is 5.91 Å². The molecular formula is C19H26N2O3S. The predicted octanol–water partition coefficient (Wildman–Crippen LogP) is 3.76. The Labute approximate surface area is 152 Å². The van der Waals surface area contributed by atoms with Gasteiger partial charge in [0.2, 0.25) is 0 Å². The van der Waals surface area contributed by atoms with Gasteiger partial charge in [-0.1, -0.05) is 30.6 Å². The van der Waals surface area contributed by atoms with Crippen LogP contribution in [0.4, 0.5) is 0 Å². The Balaban J connectivity index is 1.97. The van der Waals surface area contributed by atoms with Gasteiger partial charge in [-0.15, -0.1) is 0 Å². The summed E-state index contributed by atoms with van der Waals surface area (Å²) in [6.07, 6.45) is 5.46.